The fraction of sp³-hybridized carbons (Fsp3) is 0.172. The van der Waals surface area contributed by atoms with Crippen molar-refractivity contribution >= 4 is 11.2 Å². The van der Waals surface area contributed by atoms with Gasteiger partial charge in [-0.2, -0.15) is 13.2 Å². The zero-order valence-electron chi connectivity index (χ0n) is 20.2. The van der Waals surface area contributed by atoms with Crippen LogP contribution in [0.5, 0.6) is 11.5 Å². The lowest BCUT2D eigenvalue weighted by Crippen LogP contribution is -2.06. The minimum absolute atomic E-state index is 0.0502. The minimum Gasteiger partial charge on any atom is -0.491 e. The van der Waals surface area contributed by atoms with E-state index in [4.69, 9.17) is 9.47 Å². The maximum absolute atomic E-state index is 13.5. The van der Waals surface area contributed by atoms with Crippen LogP contribution in [0.4, 0.5) is 13.2 Å². The van der Waals surface area contributed by atoms with Gasteiger partial charge in [-0.25, -0.2) is 9.97 Å². The molecule has 2 aromatic heterocycles. The number of pyridine rings is 1. The number of H-pyrrole nitrogens is 1. The Bertz CT molecular complexity index is 1530. The Morgan fingerprint density at radius 1 is 0.865 bits per heavy atom. The van der Waals surface area contributed by atoms with Crippen molar-refractivity contribution < 1.29 is 22.6 Å². The molecular formula is C29H24F3N3O2. The number of rotatable bonds is 7. The van der Waals surface area contributed by atoms with Crippen LogP contribution in [0.25, 0.3) is 33.7 Å². The quantitative estimate of drug-likeness (QED) is 0.248. The van der Waals surface area contributed by atoms with Crippen molar-refractivity contribution in [2.45, 2.75) is 32.7 Å². The first-order valence-corrected chi connectivity index (χ1v) is 11.8. The third-order valence-electron chi connectivity index (χ3n) is 5.65. The molecule has 188 valence electrons. The van der Waals surface area contributed by atoms with Gasteiger partial charge in [-0.15, -0.1) is 0 Å². The molecule has 0 saturated carbocycles. The molecule has 0 amide bonds. The standard InChI is InChI=1S/C29H24F3N3O2/c1-18(2)37-23-13-20(12-22(15-23)36-17-19-8-4-3-5-9-19)27-34-26-14-21(16-33-28(26)35-27)24-10-6-7-11-25(24)29(30,31)32/h3-16,18H,17H2,1-2H3,(H,33,34,35). The minimum atomic E-state index is -4.48. The van der Waals surface area contributed by atoms with Crippen LogP contribution in [0.2, 0.25) is 0 Å². The van der Waals surface area contributed by atoms with Crippen molar-refractivity contribution in [1.82, 2.24) is 15.0 Å². The van der Waals surface area contributed by atoms with Crippen LogP contribution in [0.15, 0.2) is 85.1 Å². The summed E-state index contributed by atoms with van der Waals surface area (Å²) in [7, 11) is 0. The summed E-state index contributed by atoms with van der Waals surface area (Å²) in [4.78, 5) is 12.1. The van der Waals surface area contributed by atoms with Gasteiger partial charge in [0.2, 0.25) is 0 Å². The molecule has 37 heavy (non-hydrogen) atoms. The van der Waals surface area contributed by atoms with Crippen molar-refractivity contribution in [3.05, 3.63) is 96.2 Å². The van der Waals surface area contributed by atoms with Crippen molar-refractivity contribution in [1.29, 1.82) is 0 Å². The summed E-state index contributed by atoms with van der Waals surface area (Å²) in [5.41, 5.74) is 2.32. The molecule has 0 radical (unpaired) electrons. The highest BCUT2D eigenvalue weighted by molar-refractivity contribution is 5.82. The zero-order chi connectivity index (χ0) is 26.0. The third kappa shape index (κ3) is 5.58. The summed E-state index contributed by atoms with van der Waals surface area (Å²) in [6, 6.07) is 22.3. The van der Waals surface area contributed by atoms with Gasteiger partial charge in [0.15, 0.2) is 5.65 Å². The van der Waals surface area contributed by atoms with Crippen molar-refractivity contribution in [2.75, 3.05) is 0 Å². The number of fused-ring (bicyclic) bond motifs is 1. The number of hydrogen-bond acceptors (Lipinski definition) is 4. The summed E-state index contributed by atoms with van der Waals surface area (Å²) in [6.45, 7) is 4.25. The maximum atomic E-state index is 13.5. The molecule has 2 heterocycles. The van der Waals surface area contributed by atoms with Gasteiger partial charge in [-0.05, 0) is 49.2 Å². The lowest BCUT2D eigenvalue weighted by molar-refractivity contribution is -0.137. The molecule has 0 spiro atoms. The van der Waals surface area contributed by atoms with E-state index in [0.717, 1.165) is 11.6 Å². The fourth-order valence-electron chi connectivity index (χ4n) is 4.03. The third-order valence-corrected chi connectivity index (χ3v) is 5.65. The zero-order valence-corrected chi connectivity index (χ0v) is 20.2. The van der Waals surface area contributed by atoms with Crippen LogP contribution >= 0.6 is 0 Å². The van der Waals surface area contributed by atoms with Crippen LogP contribution in [0, 0.1) is 0 Å². The molecule has 0 fully saturated rings. The van der Waals surface area contributed by atoms with Crippen LogP contribution in [0.3, 0.4) is 0 Å². The summed E-state index contributed by atoms with van der Waals surface area (Å²) >= 11 is 0. The molecule has 5 rings (SSSR count). The Hall–Kier alpha value is -4.33. The molecular weight excluding hydrogens is 479 g/mol. The lowest BCUT2D eigenvalue weighted by Gasteiger charge is -2.14. The molecule has 0 saturated heterocycles. The smallest absolute Gasteiger partial charge is 0.417 e. The first kappa shape index (κ1) is 24.4. The van der Waals surface area contributed by atoms with Gasteiger partial charge in [0.1, 0.15) is 29.4 Å². The largest absolute Gasteiger partial charge is 0.491 e. The van der Waals surface area contributed by atoms with E-state index in [1.807, 2.05) is 62.4 Å². The molecule has 5 aromatic rings. The molecule has 0 aliphatic rings. The predicted molar refractivity (Wildman–Crippen MR) is 136 cm³/mol. The Labute approximate surface area is 211 Å². The normalized spacial score (nSPS) is 11.7. The first-order chi connectivity index (χ1) is 17.8. The molecule has 0 aliphatic heterocycles. The summed E-state index contributed by atoms with van der Waals surface area (Å²) in [6.07, 6.45) is -3.11. The summed E-state index contributed by atoms with van der Waals surface area (Å²) in [5, 5.41) is 0. The number of aromatic nitrogens is 3. The highest BCUT2D eigenvalue weighted by atomic mass is 19.4. The second-order valence-corrected chi connectivity index (χ2v) is 8.85. The average Bonchev–Trinajstić information content (AvgIpc) is 3.31. The number of nitrogens with one attached hydrogen (secondary N) is 1. The van der Waals surface area contributed by atoms with Crippen LogP contribution < -0.4 is 9.47 Å². The van der Waals surface area contributed by atoms with Gasteiger partial charge in [0.05, 0.1) is 11.7 Å². The van der Waals surface area contributed by atoms with E-state index in [0.29, 0.717) is 46.2 Å². The van der Waals surface area contributed by atoms with E-state index in [-0.39, 0.29) is 11.7 Å². The monoisotopic (exact) mass is 503 g/mol. The van der Waals surface area contributed by atoms with Gasteiger partial charge in [-0.1, -0.05) is 48.5 Å². The van der Waals surface area contributed by atoms with Crippen molar-refractivity contribution in [3.8, 4) is 34.0 Å². The summed E-state index contributed by atoms with van der Waals surface area (Å²) in [5.74, 6) is 1.72. The summed E-state index contributed by atoms with van der Waals surface area (Å²) < 4.78 is 52.6. The molecule has 0 bridgehead atoms. The number of alkyl halides is 3. The van der Waals surface area contributed by atoms with Crippen LogP contribution in [-0.2, 0) is 12.8 Å². The van der Waals surface area contributed by atoms with E-state index in [9.17, 15) is 13.2 Å². The molecule has 8 heteroatoms. The highest BCUT2D eigenvalue weighted by Gasteiger charge is 2.33. The van der Waals surface area contributed by atoms with Crippen molar-refractivity contribution in [2.24, 2.45) is 0 Å². The van der Waals surface area contributed by atoms with Crippen molar-refractivity contribution in [3.63, 3.8) is 0 Å². The molecule has 3 aromatic carbocycles. The number of hydrogen-bond donors (Lipinski definition) is 1. The first-order valence-electron chi connectivity index (χ1n) is 11.8. The SMILES string of the molecule is CC(C)Oc1cc(OCc2ccccc2)cc(-c2nc3cc(-c4ccccc4C(F)(F)F)cnc3[nH]2)c1. The number of imidazole rings is 1. The van der Waals surface area contributed by atoms with Gasteiger partial charge < -0.3 is 14.5 Å². The van der Waals surface area contributed by atoms with E-state index >= 15 is 0 Å². The predicted octanol–water partition coefficient (Wildman–Crippen LogP) is 7.68. The van der Waals surface area contributed by atoms with Gasteiger partial charge in [0.25, 0.3) is 0 Å². The Kier molecular flexibility index (Phi) is 6.56. The number of aromatic amines is 1. The number of halogens is 3. The van der Waals surface area contributed by atoms with E-state index in [1.54, 1.807) is 12.1 Å². The second kappa shape index (κ2) is 9.97. The second-order valence-electron chi connectivity index (χ2n) is 8.85. The number of benzene rings is 3. The lowest BCUT2D eigenvalue weighted by atomic mass is 10.0. The van der Waals surface area contributed by atoms with Gasteiger partial charge in [-0.3, -0.25) is 0 Å². The molecule has 1 N–H and O–H groups in total. The molecule has 0 atom stereocenters. The molecule has 0 aliphatic carbocycles. The fourth-order valence-corrected chi connectivity index (χ4v) is 4.03. The highest BCUT2D eigenvalue weighted by Crippen LogP contribution is 2.37. The van der Waals surface area contributed by atoms with E-state index in [2.05, 4.69) is 15.0 Å². The Morgan fingerprint density at radius 2 is 1.59 bits per heavy atom. The van der Waals surface area contributed by atoms with E-state index in [1.165, 1.54) is 18.3 Å². The van der Waals surface area contributed by atoms with Gasteiger partial charge in [0, 0.05) is 23.4 Å². The average molecular weight is 504 g/mol. The molecule has 5 nitrogen and oxygen atoms in total. The number of nitrogens with zero attached hydrogens (tertiary/aromatic N) is 2. The molecule has 0 unspecified atom stereocenters. The van der Waals surface area contributed by atoms with Gasteiger partial charge >= 0.3 is 6.18 Å². The van der Waals surface area contributed by atoms with Crippen LogP contribution in [-0.4, -0.2) is 21.1 Å². The van der Waals surface area contributed by atoms with Crippen LogP contribution in [0.1, 0.15) is 25.0 Å². The van der Waals surface area contributed by atoms with E-state index < -0.39 is 11.7 Å². The Balaban J connectivity index is 1.51. The number of ether oxygens (including phenoxy) is 2. The maximum Gasteiger partial charge on any atom is 0.417 e. The Morgan fingerprint density at radius 3 is 2.35 bits per heavy atom. The topological polar surface area (TPSA) is 60.0 Å².